The van der Waals surface area contributed by atoms with Crippen molar-refractivity contribution in [2.45, 2.75) is 0 Å². The van der Waals surface area contributed by atoms with Gasteiger partial charge in [-0.1, -0.05) is 6.07 Å². The zero-order valence-electron chi connectivity index (χ0n) is 13.2. The van der Waals surface area contributed by atoms with Crippen molar-refractivity contribution < 1.29 is 18.6 Å². The van der Waals surface area contributed by atoms with E-state index >= 15 is 0 Å². The molecule has 3 aromatic rings. The van der Waals surface area contributed by atoms with Crippen molar-refractivity contribution in [2.75, 3.05) is 19.8 Å². The molecule has 0 bridgehead atoms. The third kappa shape index (κ3) is 2.76. The van der Waals surface area contributed by atoms with E-state index in [4.69, 9.17) is 23.9 Å². The van der Waals surface area contributed by atoms with E-state index in [0.717, 1.165) is 0 Å². The highest BCUT2D eigenvalue weighted by Crippen LogP contribution is 2.34. The average Bonchev–Trinajstić information content (AvgIpc) is 2.66. The molecule has 0 N–H and O–H groups in total. The van der Waals surface area contributed by atoms with Gasteiger partial charge < -0.3 is 18.6 Å². The molecule has 0 saturated heterocycles. The van der Waals surface area contributed by atoms with Gasteiger partial charge in [0.15, 0.2) is 23.5 Å². The van der Waals surface area contributed by atoms with Crippen molar-refractivity contribution in [3.05, 3.63) is 52.9 Å². The van der Waals surface area contributed by atoms with Crippen LogP contribution >= 0.6 is 0 Å². The summed E-state index contributed by atoms with van der Waals surface area (Å²) in [4.78, 5) is 12.8. The molecule has 1 aliphatic heterocycles. The molecular weight excluding hydrogens is 322 g/mol. The Morgan fingerprint density at radius 1 is 1.08 bits per heavy atom. The first-order valence-electron chi connectivity index (χ1n) is 7.71. The summed E-state index contributed by atoms with van der Waals surface area (Å²) in [6, 6.07) is 12.1. The molecule has 0 unspecified atom stereocenters. The summed E-state index contributed by atoms with van der Waals surface area (Å²) in [6.45, 7) is 0.930. The molecule has 0 saturated carbocycles. The summed E-state index contributed by atoms with van der Waals surface area (Å²) in [5.74, 6) is 1.76. The van der Waals surface area contributed by atoms with Crippen molar-refractivity contribution >= 4 is 11.0 Å². The normalized spacial score (nSPS) is 12.6. The van der Waals surface area contributed by atoms with E-state index in [1.54, 1.807) is 36.4 Å². The SMILES string of the molecule is N#CCOc1ccc2c(=O)c(-c3ccc4c(c3)OCCO4)coc2c1. The Morgan fingerprint density at radius 2 is 1.92 bits per heavy atom. The molecule has 2 heterocycles. The molecule has 1 aromatic heterocycles. The lowest BCUT2D eigenvalue weighted by Gasteiger charge is -2.18. The molecule has 6 heteroatoms. The molecule has 0 fully saturated rings. The lowest BCUT2D eigenvalue weighted by molar-refractivity contribution is 0.171. The van der Waals surface area contributed by atoms with Gasteiger partial charge in [-0.25, -0.2) is 0 Å². The summed E-state index contributed by atoms with van der Waals surface area (Å²) >= 11 is 0. The Labute approximate surface area is 142 Å². The van der Waals surface area contributed by atoms with E-state index in [2.05, 4.69) is 0 Å². The standard InChI is InChI=1S/C19H13NO5/c20-5-6-22-13-2-3-14-17(10-13)25-11-15(19(14)21)12-1-4-16-18(9-12)24-8-7-23-16/h1-4,9-11H,6-8H2. The van der Waals surface area contributed by atoms with Crippen LogP contribution in [0.1, 0.15) is 0 Å². The number of fused-ring (bicyclic) bond motifs is 2. The predicted molar refractivity (Wildman–Crippen MR) is 90.0 cm³/mol. The van der Waals surface area contributed by atoms with Crippen LogP contribution in [-0.4, -0.2) is 19.8 Å². The van der Waals surface area contributed by atoms with Crippen molar-refractivity contribution in [2.24, 2.45) is 0 Å². The van der Waals surface area contributed by atoms with Crippen LogP contribution in [0.5, 0.6) is 17.2 Å². The van der Waals surface area contributed by atoms with Crippen molar-refractivity contribution in [1.29, 1.82) is 5.26 Å². The van der Waals surface area contributed by atoms with Gasteiger partial charge in [-0.15, -0.1) is 0 Å². The molecule has 0 atom stereocenters. The first-order chi connectivity index (χ1) is 12.3. The Bertz CT molecular complexity index is 1050. The fraction of sp³-hybridized carbons (Fsp3) is 0.158. The van der Waals surface area contributed by atoms with Crippen LogP contribution in [-0.2, 0) is 0 Å². The summed E-state index contributed by atoms with van der Waals surface area (Å²) in [6.07, 6.45) is 1.42. The molecule has 1 aliphatic rings. The van der Waals surface area contributed by atoms with Crippen LogP contribution in [0.15, 0.2) is 51.9 Å². The second kappa shape index (κ2) is 6.21. The molecule has 0 amide bonds. The largest absolute Gasteiger partial charge is 0.486 e. The number of hydrogen-bond donors (Lipinski definition) is 0. The topological polar surface area (TPSA) is 81.7 Å². The molecule has 4 rings (SSSR count). The number of nitrogens with zero attached hydrogens (tertiary/aromatic N) is 1. The summed E-state index contributed by atoms with van der Waals surface area (Å²) in [5, 5.41) is 9.01. The van der Waals surface area contributed by atoms with E-state index in [-0.39, 0.29) is 12.0 Å². The van der Waals surface area contributed by atoms with Crippen molar-refractivity contribution in [3.8, 4) is 34.4 Å². The second-order valence-corrected chi connectivity index (χ2v) is 5.44. The Hall–Kier alpha value is -3.46. The lowest BCUT2D eigenvalue weighted by Crippen LogP contribution is -2.15. The van der Waals surface area contributed by atoms with Crippen LogP contribution in [0.3, 0.4) is 0 Å². The molecular formula is C19H13NO5. The fourth-order valence-corrected chi connectivity index (χ4v) is 2.72. The van der Waals surface area contributed by atoms with Gasteiger partial charge in [-0.2, -0.15) is 5.26 Å². The highest BCUT2D eigenvalue weighted by Gasteiger charge is 2.15. The Balaban J connectivity index is 1.77. The second-order valence-electron chi connectivity index (χ2n) is 5.44. The van der Waals surface area contributed by atoms with Gasteiger partial charge in [0.1, 0.15) is 36.9 Å². The molecule has 0 radical (unpaired) electrons. The minimum Gasteiger partial charge on any atom is -0.486 e. The maximum atomic E-state index is 12.8. The van der Waals surface area contributed by atoms with E-state index < -0.39 is 0 Å². The third-order valence-electron chi connectivity index (χ3n) is 3.90. The zero-order valence-corrected chi connectivity index (χ0v) is 13.2. The van der Waals surface area contributed by atoms with E-state index in [0.29, 0.717) is 52.6 Å². The minimum absolute atomic E-state index is 0.0645. The minimum atomic E-state index is -0.148. The van der Waals surface area contributed by atoms with E-state index in [1.807, 2.05) is 6.07 Å². The van der Waals surface area contributed by atoms with Crippen LogP contribution in [0.2, 0.25) is 0 Å². The maximum Gasteiger partial charge on any atom is 0.200 e. The first-order valence-corrected chi connectivity index (χ1v) is 7.71. The number of ether oxygens (including phenoxy) is 3. The molecule has 124 valence electrons. The molecule has 25 heavy (non-hydrogen) atoms. The molecule has 0 spiro atoms. The van der Waals surface area contributed by atoms with Crippen molar-refractivity contribution in [3.63, 3.8) is 0 Å². The first kappa shape index (κ1) is 15.1. The number of benzene rings is 2. The molecule has 0 aliphatic carbocycles. The number of rotatable bonds is 3. The summed E-state index contributed by atoms with van der Waals surface area (Å²) in [5.41, 5.74) is 1.39. The van der Waals surface area contributed by atoms with Gasteiger partial charge in [-0.05, 0) is 29.8 Å². The Morgan fingerprint density at radius 3 is 2.76 bits per heavy atom. The number of hydrogen-bond acceptors (Lipinski definition) is 6. The van der Waals surface area contributed by atoms with Gasteiger partial charge in [0.25, 0.3) is 0 Å². The molecule has 6 nitrogen and oxygen atoms in total. The Kier molecular flexibility index (Phi) is 3.75. The van der Waals surface area contributed by atoms with Crippen LogP contribution in [0.25, 0.3) is 22.1 Å². The van der Waals surface area contributed by atoms with Gasteiger partial charge in [-0.3, -0.25) is 4.79 Å². The highest BCUT2D eigenvalue weighted by molar-refractivity contribution is 5.83. The summed E-state index contributed by atoms with van der Waals surface area (Å²) in [7, 11) is 0. The van der Waals surface area contributed by atoms with Gasteiger partial charge in [0, 0.05) is 6.07 Å². The van der Waals surface area contributed by atoms with Crippen LogP contribution in [0.4, 0.5) is 0 Å². The van der Waals surface area contributed by atoms with E-state index in [9.17, 15) is 4.79 Å². The predicted octanol–water partition coefficient (Wildman–Crippen LogP) is 3.13. The average molecular weight is 335 g/mol. The van der Waals surface area contributed by atoms with Crippen LogP contribution < -0.4 is 19.6 Å². The van der Waals surface area contributed by atoms with E-state index in [1.165, 1.54) is 6.26 Å². The monoisotopic (exact) mass is 335 g/mol. The third-order valence-corrected chi connectivity index (χ3v) is 3.90. The quantitative estimate of drug-likeness (QED) is 0.731. The maximum absolute atomic E-state index is 12.8. The smallest absolute Gasteiger partial charge is 0.200 e. The number of nitriles is 1. The van der Waals surface area contributed by atoms with Gasteiger partial charge in [0.2, 0.25) is 0 Å². The fourth-order valence-electron chi connectivity index (χ4n) is 2.72. The van der Waals surface area contributed by atoms with Crippen molar-refractivity contribution in [1.82, 2.24) is 0 Å². The lowest BCUT2D eigenvalue weighted by atomic mass is 10.0. The van der Waals surface area contributed by atoms with Gasteiger partial charge >= 0.3 is 0 Å². The van der Waals surface area contributed by atoms with Crippen LogP contribution in [0, 0.1) is 11.3 Å². The summed E-state index contributed by atoms with van der Waals surface area (Å²) < 4.78 is 21.9. The zero-order chi connectivity index (χ0) is 17.2. The highest BCUT2D eigenvalue weighted by atomic mass is 16.6. The van der Waals surface area contributed by atoms with Gasteiger partial charge in [0.05, 0.1) is 10.9 Å². The molecule has 2 aromatic carbocycles.